The van der Waals surface area contributed by atoms with Gasteiger partial charge in [-0.25, -0.2) is 0 Å². The SMILES string of the molecule is ClCCCCCCCCCCCC[Si](Cl)(Cl)Cl. The predicted molar refractivity (Wildman–Crippen MR) is 85.0 cm³/mol. The summed E-state index contributed by atoms with van der Waals surface area (Å²) in [5.74, 6) is 0.812. The molecule has 0 aromatic rings. The van der Waals surface area contributed by atoms with Crippen LogP contribution in [-0.2, 0) is 0 Å². The summed E-state index contributed by atoms with van der Waals surface area (Å²) in [6, 6.07) is -1.53. The van der Waals surface area contributed by atoms with Crippen LogP contribution in [0.1, 0.15) is 64.2 Å². The van der Waals surface area contributed by atoms with Gasteiger partial charge >= 0.3 is 6.00 Å². The Morgan fingerprint density at radius 2 is 0.882 bits per heavy atom. The number of alkyl halides is 1. The van der Waals surface area contributed by atoms with Crippen LogP contribution in [0.2, 0.25) is 6.04 Å². The van der Waals surface area contributed by atoms with E-state index in [0.717, 1.165) is 18.3 Å². The van der Waals surface area contributed by atoms with E-state index >= 15 is 0 Å². The Hall–Kier alpha value is 1.38. The van der Waals surface area contributed by atoms with E-state index in [1.54, 1.807) is 0 Å². The van der Waals surface area contributed by atoms with Crippen LogP contribution >= 0.6 is 44.8 Å². The van der Waals surface area contributed by atoms with Crippen molar-refractivity contribution in [3.05, 3.63) is 0 Å². The van der Waals surface area contributed by atoms with E-state index in [2.05, 4.69) is 0 Å². The van der Waals surface area contributed by atoms with Crippen LogP contribution in [0.25, 0.3) is 0 Å². The molecule has 0 aliphatic rings. The fraction of sp³-hybridized carbons (Fsp3) is 1.00. The first-order valence-corrected chi connectivity index (χ1v) is 12.5. The number of hydrogen-bond donors (Lipinski definition) is 0. The van der Waals surface area contributed by atoms with Gasteiger partial charge < -0.3 is 0 Å². The zero-order valence-electron chi connectivity index (χ0n) is 10.5. The van der Waals surface area contributed by atoms with Crippen molar-refractivity contribution in [2.24, 2.45) is 0 Å². The highest BCUT2D eigenvalue weighted by molar-refractivity contribution is 7.64. The van der Waals surface area contributed by atoms with E-state index in [1.165, 1.54) is 57.8 Å². The maximum atomic E-state index is 5.82. The summed E-state index contributed by atoms with van der Waals surface area (Å²) >= 11 is 23.1. The molecule has 0 amide bonds. The first kappa shape index (κ1) is 18.4. The minimum absolute atomic E-state index is 0.812. The fourth-order valence-electron chi connectivity index (χ4n) is 1.83. The smallest absolute Gasteiger partial charge is 0.127 e. The van der Waals surface area contributed by atoms with Gasteiger partial charge in [0.25, 0.3) is 0 Å². The quantitative estimate of drug-likeness (QED) is 0.159. The highest BCUT2D eigenvalue weighted by Gasteiger charge is 2.23. The molecule has 0 aromatic heterocycles. The molecule has 0 bridgehead atoms. The van der Waals surface area contributed by atoms with Gasteiger partial charge in [-0.05, 0) is 12.5 Å². The van der Waals surface area contributed by atoms with Crippen LogP contribution in [0.5, 0.6) is 0 Å². The van der Waals surface area contributed by atoms with Gasteiger partial charge in [0, 0.05) is 5.88 Å². The Kier molecular flexibility index (Phi) is 13.4. The van der Waals surface area contributed by atoms with Crippen molar-refractivity contribution in [2.75, 3.05) is 5.88 Å². The Bertz CT molecular complexity index is 159. The van der Waals surface area contributed by atoms with Crippen molar-refractivity contribution in [3.8, 4) is 0 Å². The summed E-state index contributed by atoms with van der Waals surface area (Å²) < 4.78 is 0. The molecule has 0 aliphatic heterocycles. The molecule has 0 spiro atoms. The molecule has 0 N–H and O–H groups in total. The van der Waals surface area contributed by atoms with Crippen LogP contribution in [0, 0.1) is 0 Å². The van der Waals surface area contributed by atoms with Gasteiger partial charge in [-0.3, -0.25) is 0 Å². The zero-order valence-corrected chi connectivity index (χ0v) is 14.5. The van der Waals surface area contributed by atoms with E-state index in [-0.39, 0.29) is 0 Å². The van der Waals surface area contributed by atoms with Gasteiger partial charge in [-0.15, -0.1) is 44.8 Å². The molecule has 0 saturated heterocycles. The topological polar surface area (TPSA) is 0 Å². The van der Waals surface area contributed by atoms with Crippen molar-refractivity contribution in [1.82, 2.24) is 0 Å². The van der Waals surface area contributed by atoms with Crippen molar-refractivity contribution in [2.45, 2.75) is 70.3 Å². The molecule has 0 fully saturated rings. The highest BCUT2D eigenvalue weighted by Crippen LogP contribution is 2.27. The molecule has 0 unspecified atom stereocenters. The first-order chi connectivity index (χ1) is 8.06. The van der Waals surface area contributed by atoms with Crippen molar-refractivity contribution in [1.29, 1.82) is 0 Å². The molecule has 104 valence electrons. The highest BCUT2D eigenvalue weighted by atomic mass is 35.8. The summed E-state index contributed by atoms with van der Waals surface area (Å²) in [6.07, 6.45) is 12.8. The molecule has 0 rings (SSSR count). The van der Waals surface area contributed by atoms with E-state index in [1.807, 2.05) is 0 Å². The molecular formula is C12H24Cl4Si. The molecule has 17 heavy (non-hydrogen) atoms. The summed E-state index contributed by atoms with van der Waals surface area (Å²) in [5, 5.41) is 0. The summed E-state index contributed by atoms with van der Waals surface area (Å²) in [4.78, 5) is 0. The molecule has 0 heterocycles. The third-order valence-electron chi connectivity index (χ3n) is 2.84. The van der Waals surface area contributed by atoms with Gasteiger partial charge in [0.15, 0.2) is 0 Å². The molecule has 5 heteroatoms. The average Bonchev–Trinajstić information content (AvgIpc) is 2.24. The average molecular weight is 338 g/mol. The van der Waals surface area contributed by atoms with Gasteiger partial charge in [-0.1, -0.05) is 57.8 Å². The van der Waals surface area contributed by atoms with E-state index < -0.39 is 6.00 Å². The third-order valence-corrected chi connectivity index (χ3v) is 5.73. The van der Waals surface area contributed by atoms with Crippen LogP contribution in [0.15, 0.2) is 0 Å². The summed E-state index contributed by atoms with van der Waals surface area (Å²) in [5.41, 5.74) is 0. The minimum Gasteiger partial charge on any atom is -0.127 e. The maximum Gasteiger partial charge on any atom is 0.341 e. The molecule has 0 aromatic carbocycles. The second-order valence-electron chi connectivity index (χ2n) is 4.59. The standard InChI is InChI=1S/C12H24Cl4Si/c13-11-9-7-5-3-1-2-4-6-8-10-12-17(14,15)16/h1-12H2. The van der Waals surface area contributed by atoms with Crippen molar-refractivity contribution >= 4 is 50.8 Å². The normalized spacial score (nSPS) is 12.0. The number of rotatable bonds is 12. The van der Waals surface area contributed by atoms with E-state index in [4.69, 9.17) is 44.8 Å². The molecule has 0 aliphatic carbocycles. The zero-order chi connectivity index (χ0) is 13.0. The van der Waals surface area contributed by atoms with Gasteiger partial charge in [0.1, 0.15) is 0 Å². The van der Waals surface area contributed by atoms with Crippen LogP contribution in [0.4, 0.5) is 0 Å². The Morgan fingerprint density at radius 1 is 0.529 bits per heavy atom. The Morgan fingerprint density at radius 3 is 1.24 bits per heavy atom. The van der Waals surface area contributed by atoms with Gasteiger partial charge in [0.2, 0.25) is 0 Å². The number of unbranched alkanes of at least 4 members (excludes halogenated alkanes) is 9. The first-order valence-electron chi connectivity index (χ1n) is 6.69. The van der Waals surface area contributed by atoms with Gasteiger partial charge in [0.05, 0.1) is 0 Å². The lowest BCUT2D eigenvalue weighted by Crippen LogP contribution is -2.07. The Balaban J connectivity index is 2.99. The third kappa shape index (κ3) is 17.4. The van der Waals surface area contributed by atoms with E-state index in [0.29, 0.717) is 0 Å². The van der Waals surface area contributed by atoms with Crippen LogP contribution in [0.3, 0.4) is 0 Å². The molecule has 0 atom stereocenters. The molecule has 0 saturated carbocycles. The number of halogens is 4. The lowest BCUT2D eigenvalue weighted by molar-refractivity contribution is 0.562. The monoisotopic (exact) mass is 336 g/mol. The molecule has 0 radical (unpaired) electrons. The molecular weight excluding hydrogens is 314 g/mol. The van der Waals surface area contributed by atoms with Crippen LogP contribution < -0.4 is 0 Å². The number of hydrogen-bond acceptors (Lipinski definition) is 0. The lowest BCUT2D eigenvalue weighted by Gasteiger charge is -2.06. The lowest BCUT2D eigenvalue weighted by atomic mass is 10.1. The predicted octanol–water partition coefficient (Wildman–Crippen LogP) is 6.78. The maximum absolute atomic E-state index is 5.82. The molecule has 0 nitrogen and oxygen atoms in total. The summed E-state index contributed by atoms with van der Waals surface area (Å²) in [6.45, 7) is 0. The van der Waals surface area contributed by atoms with Gasteiger partial charge in [-0.2, -0.15) is 0 Å². The fourth-order valence-corrected chi connectivity index (χ4v) is 3.88. The van der Waals surface area contributed by atoms with E-state index in [9.17, 15) is 0 Å². The van der Waals surface area contributed by atoms with Crippen LogP contribution in [-0.4, -0.2) is 11.9 Å². The Labute approximate surface area is 126 Å². The second-order valence-corrected chi connectivity index (χ2v) is 14.2. The van der Waals surface area contributed by atoms with Crippen molar-refractivity contribution < 1.29 is 0 Å². The second kappa shape index (κ2) is 12.4. The summed E-state index contributed by atoms with van der Waals surface area (Å²) in [7, 11) is 0. The minimum atomic E-state index is -2.35. The largest absolute Gasteiger partial charge is 0.341 e. The van der Waals surface area contributed by atoms with Crippen molar-refractivity contribution in [3.63, 3.8) is 0 Å².